The van der Waals surface area contributed by atoms with Gasteiger partial charge in [-0.25, -0.2) is 0 Å². The van der Waals surface area contributed by atoms with Gasteiger partial charge >= 0.3 is 0 Å². The summed E-state index contributed by atoms with van der Waals surface area (Å²) in [4.78, 5) is 37.2. The predicted octanol–water partition coefficient (Wildman–Crippen LogP) is 3.36. The summed E-state index contributed by atoms with van der Waals surface area (Å²) in [6, 6.07) is 4.58. The van der Waals surface area contributed by atoms with Gasteiger partial charge in [-0.05, 0) is 30.0 Å². The minimum Gasteiger partial charge on any atom is -0.325 e. The molecule has 1 N–H and O–H groups in total. The van der Waals surface area contributed by atoms with Crippen molar-refractivity contribution in [3.63, 3.8) is 0 Å². The van der Waals surface area contributed by atoms with Crippen molar-refractivity contribution in [1.82, 2.24) is 0 Å². The first-order valence-corrected chi connectivity index (χ1v) is 7.82. The molecule has 3 aliphatic rings. The topological polar surface area (TPSA) is 63.2 Å². The smallest absolute Gasteiger partial charge is 0.242 e. The number of carbonyl (C=O) groups excluding carboxylic acids is 3. The molecule has 0 heterocycles. The first-order valence-electron chi connectivity index (χ1n) is 7.06. The van der Waals surface area contributed by atoms with E-state index in [4.69, 9.17) is 23.2 Å². The maximum absolute atomic E-state index is 12.4. The number of fused-ring (bicyclic) bond motifs is 2. The Labute approximate surface area is 138 Å². The van der Waals surface area contributed by atoms with Crippen LogP contribution in [0.3, 0.4) is 0 Å². The standard InChI is InChI=1S/C16H15Cl2NO3/c1-16(2)10-6-11(16)14(21)12(13(10)20)15(22)19-9-4-7(17)3-8(18)5-9/h3-5,10-12H,6H2,1-2H3,(H,19,22). The number of hydrogen-bond acceptors (Lipinski definition) is 3. The first-order chi connectivity index (χ1) is 10.2. The van der Waals surface area contributed by atoms with Crippen molar-refractivity contribution >= 4 is 46.4 Å². The molecule has 2 bridgehead atoms. The second-order valence-corrected chi connectivity index (χ2v) is 7.42. The zero-order valence-corrected chi connectivity index (χ0v) is 13.7. The van der Waals surface area contributed by atoms with E-state index in [1.54, 1.807) is 0 Å². The van der Waals surface area contributed by atoms with Gasteiger partial charge in [0.05, 0.1) is 0 Å². The van der Waals surface area contributed by atoms with E-state index in [0.29, 0.717) is 22.2 Å². The maximum Gasteiger partial charge on any atom is 0.242 e. The Bertz CT molecular complexity index is 654. The van der Waals surface area contributed by atoms with Crippen LogP contribution in [0.15, 0.2) is 18.2 Å². The SMILES string of the molecule is CC1(C)C2CC1C(=O)C(C(=O)Nc1cc(Cl)cc(Cl)c1)C2=O. The minimum absolute atomic E-state index is 0.214. The number of hydrogen-bond donors (Lipinski definition) is 1. The number of rotatable bonds is 2. The summed E-state index contributed by atoms with van der Waals surface area (Å²) < 4.78 is 0. The molecule has 4 nitrogen and oxygen atoms in total. The Hall–Kier alpha value is -1.39. The fourth-order valence-electron chi connectivity index (χ4n) is 3.53. The zero-order valence-electron chi connectivity index (χ0n) is 12.2. The summed E-state index contributed by atoms with van der Waals surface area (Å²) >= 11 is 11.7. The molecule has 0 aliphatic heterocycles. The van der Waals surface area contributed by atoms with Crippen molar-refractivity contribution < 1.29 is 14.4 Å². The molecule has 2 atom stereocenters. The molecular weight excluding hydrogens is 325 g/mol. The molecule has 116 valence electrons. The second-order valence-electron chi connectivity index (χ2n) is 6.55. The highest BCUT2D eigenvalue weighted by molar-refractivity contribution is 6.35. The minimum atomic E-state index is -1.21. The number of Topliss-reactive ketones (excluding diaryl/α,β-unsaturated/α-hetero) is 2. The van der Waals surface area contributed by atoms with Crippen molar-refractivity contribution in [3.05, 3.63) is 28.2 Å². The second kappa shape index (κ2) is 5.07. The fourth-order valence-corrected chi connectivity index (χ4v) is 4.06. The molecule has 4 rings (SSSR count). The van der Waals surface area contributed by atoms with Crippen molar-refractivity contribution in [1.29, 1.82) is 0 Å². The molecule has 2 unspecified atom stereocenters. The van der Waals surface area contributed by atoms with Gasteiger partial charge < -0.3 is 5.32 Å². The molecule has 3 saturated carbocycles. The summed E-state index contributed by atoms with van der Waals surface area (Å²) in [5, 5.41) is 3.31. The van der Waals surface area contributed by atoms with Crippen LogP contribution in [0.5, 0.6) is 0 Å². The van der Waals surface area contributed by atoms with Crippen LogP contribution in [0.25, 0.3) is 0 Å². The van der Waals surface area contributed by atoms with Crippen molar-refractivity contribution in [2.24, 2.45) is 23.2 Å². The quantitative estimate of drug-likeness (QED) is 0.840. The van der Waals surface area contributed by atoms with E-state index >= 15 is 0 Å². The van der Waals surface area contributed by atoms with E-state index in [-0.39, 0.29) is 28.8 Å². The summed E-state index contributed by atoms with van der Waals surface area (Å²) in [5.74, 6) is -2.79. The highest BCUT2D eigenvalue weighted by atomic mass is 35.5. The van der Waals surface area contributed by atoms with Crippen molar-refractivity contribution in [2.75, 3.05) is 5.32 Å². The molecule has 0 radical (unpaired) electrons. The number of amides is 1. The number of ketones is 2. The third kappa shape index (κ3) is 2.25. The van der Waals surface area contributed by atoms with Crippen LogP contribution in [0.2, 0.25) is 10.0 Å². The van der Waals surface area contributed by atoms with Crippen LogP contribution in [-0.4, -0.2) is 17.5 Å². The summed E-state index contributed by atoms with van der Waals surface area (Å²) in [6.07, 6.45) is 0.567. The van der Waals surface area contributed by atoms with E-state index in [0.717, 1.165) is 0 Å². The highest BCUT2D eigenvalue weighted by Gasteiger charge is 2.63. The van der Waals surface area contributed by atoms with Gasteiger partial charge in [-0.3, -0.25) is 14.4 Å². The number of anilines is 1. The molecule has 0 aromatic heterocycles. The lowest BCUT2D eigenvalue weighted by Crippen LogP contribution is -2.63. The van der Waals surface area contributed by atoms with E-state index in [1.165, 1.54) is 18.2 Å². The van der Waals surface area contributed by atoms with Crippen LogP contribution in [0, 0.1) is 23.2 Å². The molecular formula is C16H15Cl2NO3. The van der Waals surface area contributed by atoms with Gasteiger partial charge in [0.15, 0.2) is 17.5 Å². The van der Waals surface area contributed by atoms with Gasteiger partial charge in [0.2, 0.25) is 5.91 Å². The normalized spacial score (nSPS) is 29.0. The Kier molecular flexibility index (Phi) is 3.57. The molecule has 3 fully saturated rings. The van der Waals surface area contributed by atoms with Crippen LogP contribution in [0.4, 0.5) is 5.69 Å². The van der Waals surface area contributed by atoms with E-state index in [2.05, 4.69) is 5.32 Å². The molecule has 0 spiro atoms. The van der Waals surface area contributed by atoms with Gasteiger partial charge in [0, 0.05) is 27.6 Å². The van der Waals surface area contributed by atoms with Crippen LogP contribution in [0.1, 0.15) is 20.3 Å². The van der Waals surface area contributed by atoms with E-state index in [1.807, 2.05) is 13.8 Å². The van der Waals surface area contributed by atoms with Crippen molar-refractivity contribution in [2.45, 2.75) is 20.3 Å². The largest absolute Gasteiger partial charge is 0.325 e. The molecule has 1 amide bonds. The highest BCUT2D eigenvalue weighted by Crippen LogP contribution is 2.57. The summed E-state index contributed by atoms with van der Waals surface area (Å²) in [5.41, 5.74) is 0.0474. The van der Waals surface area contributed by atoms with Gasteiger partial charge in [-0.15, -0.1) is 0 Å². The van der Waals surface area contributed by atoms with Gasteiger partial charge in [-0.1, -0.05) is 37.0 Å². The Balaban J connectivity index is 1.81. The number of carbonyl (C=O) groups is 3. The molecule has 1 aromatic carbocycles. The summed E-state index contributed by atoms with van der Waals surface area (Å²) in [7, 11) is 0. The van der Waals surface area contributed by atoms with Gasteiger partial charge in [0.1, 0.15) is 0 Å². The molecule has 1 aromatic rings. The first kappa shape index (κ1) is 15.5. The Morgan fingerprint density at radius 1 is 1.09 bits per heavy atom. The number of halogens is 2. The van der Waals surface area contributed by atoms with Crippen LogP contribution >= 0.6 is 23.2 Å². The fraction of sp³-hybridized carbons (Fsp3) is 0.438. The average Bonchev–Trinajstić information content (AvgIpc) is 2.35. The molecule has 22 heavy (non-hydrogen) atoms. The summed E-state index contributed by atoms with van der Waals surface area (Å²) in [6.45, 7) is 3.82. The number of nitrogens with one attached hydrogen (secondary N) is 1. The monoisotopic (exact) mass is 339 g/mol. The zero-order chi connectivity index (χ0) is 16.2. The van der Waals surface area contributed by atoms with Crippen LogP contribution in [-0.2, 0) is 14.4 Å². The molecule has 3 aliphatic carbocycles. The van der Waals surface area contributed by atoms with Gasteiger partial charge in [-0.2, -0.15) is 0 Å². The third-order valence-corrected chi connectivity index (χ3v) is 5.35. The van der Waals surface area contributed by atoms with Crippen molar-refractivity contribution in [3.8, 4) is 0 Å². The molecule has 6 heteroatoms. The lowest BCUT2D eigenvalue weighted by molar-refractivity contribution is -0.169. The lowest BCUT2D eigenvalue weighted by Gasteiger charge is -2.55. The maximum atomic E-state index is 12.4. The predicted molar refractivity (Wildman–Crippen MR) is 84.0 cm³/mol. The number of benzene rings is 1. The average molecular weight is 340 g/mol. The van der Waals surface area contributed by atoms with E-state index in [9.17, 15) is 14.4 Å². The van der Waals surface area contributed by atoms with Crippen LogP contribution < -0.4 is 5.32 Å². The van der Waals surface area contributed by atoms with E-state index < -0.39 is 11.8 Å². The Morgan fingerprint density at radius 2 is 1.59 bits per heavy atom. The lowest BCUT2D eigenvalue weighted by atomic mass is 9.45. The molecule has 0 saturated heterocycles. The third-order valence-electron chi connectivity index (χ3n) is 4.92. The van der Waals surface area contributed by atoms with Gasteiger partial charge in [0.25, 0.3) is 0 Å². The Morgan fingerprint density at radius 3 is 2.05 bits per heavy atom.